The monoisotopic (exact) mass is 359 g/mol. The lowest BCUT2D eigenvalue weighted by atomic mass is 10.1. The Morgan fingerprint density at radius 1 is 1.04 bits per heavy atom. The Morgan fingerprint density at radius 2 is 1.71 bits per heavy atom. The number of carbonyl (C=O) groups excluding carboxylic acids is 2. The Labute approximate surface area is 152 Å². The van der Waals surface area contributed by atoms with E-state index < -0.39 is 0 Å². The molecule has 2 atom stereocenters. The van der Waals surface area contributed by atoms with Gasteiger partial charge in [0.1, 0.15) is 0 Å². The van der Waals surface area contributed by atoms with Gasteiger partial charge < -0.3 is 15.1 Å². The molecule has 2 rings (SSSR count). The second-order valence-corrected chi connectivity index (χ2v) is 6.91. The van der Waals surface area contributed by atoms with Crippen molar-refractivity contribution in [2.75, 3.05) is 26.2 Å². The molecule has 0 saturated carbocycles. The fourth-order valence-electron chi connectivity index (χ4n) is 3.97. The molecule has 2 amide bonds. The quantitative estimate of drug-likeness (QED) is 0.724. The van der Waals surface area contributed by atoms with E-state index in [1.807, 2.05) is 4.90 Å². The first-order valence-corrected chi connectivity index (χ1v) is 9.47. The summed E-state index contributed by atoms with van der Waals surface area (Å²) in [4.78, 5) is 28.9. The van der Waals surface area contributed by atoms with Crippen LogP contribution in [-0.4, -0.2) is 59.9 Å². The predicted octanol–water partition coefficient (Wildman–Crippen LogP) is 2.58. The largest absolute Gasteiger partial charge is 0.343 e. The topological polar surface area (TPSA) is 52.7 Å². The number of hydrogen-bond donors (Lipinski definition) is 1. The van der Waals surface area contributed by atoms with E-state index in [9.17, 15) is 9.59 Å². The minimum Gasteiger partial charge on any atom is -0.343 e. The highest BCUT2D eigenvalue weighted by atomic mass is 35.5. The minimum absolute atomic E-state index is 0. The summed E-state index contributed by atoms with van der Waals surface area (Å²) in [6.07, 6.45) is 7.05. The van der Waals surface area contributed by atoms with Crippen molar-refractivity contribution >= 4 is 24.2 Å². The Hall–Kier alpha value is -0.810. The van der Waals surface area contributed by atoms with E-state index >= 15 is 0 Å². The normalized spacial score (nSPS) is 22.7. The molecule has 1 N–H and O–H groups in total. The molecule has 2 aliphatic heterocycles. The fourth-order valence-corrected chi connectivity index (χ4v) is 3.97. The lowest BCUT2D eigenvalue weighted by Crippen LogP contribution is -2.42. The molecule has 2 unspecified atom stereocenters. The number of fused-ring (bicyclic) bond motifs is 2. The van der Waals surface area contributed by atoms with Gasteiger partial charge in [0.25, 0.3) is 0 Å². The molecule has 2 bridgehead atoms. The maximum atomic E-state index is 12.6. The molecular weight excluding hydrogens is 326 g/mol. The third-order valence-electron chi connectivity index (χ3n) is 5.06. The average molecular weight is 360 g/mol. The number of rotatable bonds is 8. The molecule has 0 aromatic heterocycles. The summed E-state index contributed by atoms with van der Waals surface area (Å²) >= 11 is 0. The van der Waals surface area contributed by atoms with Crippen LogP contribution in [0.5, 0.6) is 0 Å². The zero-order chi connectivity index (χ0) is 16.7. The van der Waals surface area contributed by atoms with E-state index in [0.29, 0.717) is 31.3 Å². The molecular formula is C18H34ClN3O2. The van der Waals surface area contributed by atoms with E-state index in [1.165, 1.54) is 0 Å². The zero-order valence-electron chi connectivity index (χ0n) is 15.3. The van der Waals surface area contributed by atoms with Crippen LogP contribution in [0.25, 0.3) is 0 Å². The Kier molecular flexibility index (Phi) is 9.67. The summed E-state index contributed by atoms with van der Waals surface area (Å²) in [5, 5.41) is 3.43. The second kappa shape index (κ2) is 10.9. The molecule has 2 fully saturated rings. The highest BCUT2D eigenvalue weighted by Gasteiger charge is 2.37. The number of hydrogen-bond acceptors (Lipinski definition) is 3. The van der Waals surface area contributed by atoms with Gasteiger partial charge in [0.05, 0.1) is 0 Å². The van der Waals surface area contributed by atoms with Gasteiger partial charge in [-0.1, -0.05) is 13.8 Å². The number of halogens is 1. The third-order valence-corrected chi connectivity index (χ3v) is 5.06. The van der Waals surface area contributed by atoms with Crippen LogP contribution in [0.1, 0.15) is 65.2 Å². The number of nitrogens with one attached hydrogen (secondary N) is 1. The van der Waals surface area contributed by atoms with Crippen molar-refractivity contribution in [2.45, 2.75) is 77.3 Å². The standard InChI is InChI=1S/C18H33N3O2.ClH/c1-3-12-20(13-4-2)17(22)6-5-7-18(23)21-15-8-9-16(21)14-19-11-10-15;/h15-16,19H,3-14H2,1-2H3;1H. The Bertz CT molecular complexity index is 386. The van der Waals surface area contributed by atoms with E-state index in [2.05, 4.69) is 24.1 Å². The SMILES string of the molecule is CCCN(CCC)C(=O)CCCC(=O)N1C2CCNCC1CC2.Cl. The predicted molar refractivity (Wildman–Crippen MR) is 99.4 cm³/mol. The van der Waals surface area contributed by atoms with Gasteiger partial charge in [0.15, 0.2) is 0 Å². The van der Waals surface area contributed by atoms with Crippen molar-refractivity contribution in [3.63, 3.8) is 0 Å². The smallest absolute Gasteiger partial charge is 0.223 e. The van der Waals surface area contributed by atoms with Crippen LogP contribution in [0, 0.1) is 0 Å². The average Bonchev–Trinajstić information content (AvgIpc) is 2.80. The summed E-state index contributed by atoms with van der Waals surface area (Å²) in [5.74, 6) is 0.466. The molecule has 2 heterocycles. The molecule has 6 heteroatoms. The van der Waals surface area contributed by atoms with Crippen molar-refractivity contribution in [1.29, 1.82) is 0 Å². The first-order chi connectivity index (χ1) is 11.2. The molecule has 140 valence electrons. The van der Waals surface area contributed by atoms with Crippen molar-refractivity contribution in [3.8, 4) is 0 Å². The van der Waals surface area contributed by atoms with E-state index in [-0.39, 0.29) is 24.2 Å². The van der Waals surface area contributed by atoms with Crippen molar-refractivity contribution in [2.24, 2.45) is 0 Å². The molecule has 0 radical (unpaired) electrons. The summed E-state index contributed by atoms with van der Waals surface area (Å²) < 4.78 is 0. The van der Waals surface area contributed by atoms with Gasteiger partial charge in [0, 0.05) is 44.6 Å². The van der Waals surface area contributed by atoms with Crippen molar-refractivity contribution < 1.29 is 9.59 Å². The third kappa shape index (κ3) is 5.62. The van der Waals surface area contributed by atoms with Crippen LogP contribution in [-0.2, 0) is 9.59 Å². The second-order valence-electron chi connectivity index (χ2n) is 6.91. The molecule has 24 heavy (non-hydrogen) atoms. The van der Waals surface area contributed by atoms with E-state index in [4.69, 9.17) is 0 Å². The van der Waals surface area contributed by atoms with Crippen LogP contribution in [0.2, 0.25) is 0 Å². The van der Waals surface area contributed by atoms with Crippen LogP contribution in [0.4, 0.5) is 0 Å². The lowest BCUT2D eigenvalue weighted by molar-refractivity contribution is -0.134. The maximum Gasteiger partial charge on any atom is 0.223 e. The van der Waals surface area contributed by atoms with Gasteiger partial charge in [-0.3, -0.25) is 9.59 Å². The van der Waals surface area contributed by atoms with Gasteiger partial charge in [-0.15, -0.1) is 12.4 Å². The summed E-state index contributed by atoms with van der Waals surface area (Å²) in [6, 6.07) is 0.803. The molecule has 0 aromatic carbocycles. The Morgan fingerprint density at radius 3 is 2.38 bits per heavy atom. The van der Waals surface area contributed by atoms with Crippen LogP contribution in [0.3, 0.4) is 0 Å². The summed E-state index contributed by atoms with van der Waals surface area (Å²) in [5.41, 5.74) is 0. The highest BCUT2D eigenvalue weighted by molar-refractivity contribution is 5.85. The van der Waals surface area contributed by atoms with Gasteiger partial charge in [-0.2, -0.15) is 0 Å². The minimum atomic E-state index is 0. The Balaban J connectivity index is 0.00000288. The van der Waals surface area contributed by atoms with E-state index in [1.54, 1.807) is 0 Å². The number of amides is 2. The first-order valence-electron chi connectivity index (χ1n) is 9.47. The fraction of sp³-hybridized carbons (Fsp3) is 0.889. The lowest BCUT2D eigenvalue weighted by Gasteiger charge is -2.28. The van der Waals surface area contributed by atoms with E-state index in [0.717, 1.165) is 58.3 Å². The number of nitrogens with zero attached hydrogens (tertiary/aromatic N) is 2. The summed E-state index contributed by atoms with van der Waals surface area (Å²) in [6.45, 7) is 7.82. The highest BCUT2D eigenvalue weighted by Crippen LogP contribution is 2.28. The maximum absolute atomic E-state index is 12.6. The number of carbonyl (C=O) groups is 2. The summed E-state index contributed by atoms with van der Waals surface area (Å²) in [7, 11) is 0. The molecule has 5 nitrogen and oxygen atoms in total. The molecule has 2 aliphatic rings. The van der Waals surface area contributed by atoms with Gasteiger partial charge in [-0.25, -0.2) is 0 Å². The molecule has 2 saturated heterocycles. The van der Waals surface area contributed by atoms with Gasteiger partial charge in [0.2, 0.25) is 11.8 Å². The van der Waals surface area contributed by atoms with Crippen molar-refractivity contribution in [3.05, 3.63) is 0 Å². The molecule has 0 aliphatic carbocycles. The van der Waals surface area contributed by atoms with Gasteiger partial charge in [-0.05, 0) is 45.1 Å². The van der Waals surface area contributed by atoms with Gasteiger partial charge >= 0.3 is 0 Å². The first kappa shape index (κ1) is 21.2. The van der Waals surface area contributed by atoms with Crippen LogP contribution < -0.4 is 5.32 Å². The zero-order valence-corrected chi connectivity index (χ0v) is 16.1. The van der Waals surface area contributed by atoms with Crippen molar-refractivity contribution in [1.82, 2.24) is 15.1 Å². The van der Waals surface area contributed by atoms with Crippen LogP contribution >= 0.6 is 12.4 Å². The molecule has 0 spiro atoms. The molecule has 0 aromatic rings. The van der Waals surface area contributed by atoms with Crippen LogP contribution in [0.15, 0.2) is 0 Å².